The molecule has 0 radical (unpaired) electrons. The van der Waals surface area contributed by atoms with Gasteiger partial charge in [-0.2, -0.15) is 5.10 Å². The van der Waals surface area contributed by atoms with Crippen molar-refractivity contribution in [2.75, 3.05) is 18.4 Å². The number of benzene rings is 1. The number of carbonyl (C=O) groups is 1. The maximum atomic E-state index is 12.4. The quantitative estimate of drug-likeness (QED) is 0.689. The van der Waals surface area contributed by atoms with Gasteiger partial charge in [-0.1, -0.05) is 30.3 Å². The molecule has 0 aliphatic carbocycles. The van der Waals surface area contributed by atoms with Crippen molar-refractivity contribution in [2.24, 2.45) is 0 Å². The average molecular weight is 379 g/mol. The van der Waals surface area contributed by atoms with E-state index in [1.165, 1.54) is 0 Å². The van der Waals surface area contributed by atoms with Crippen LogP contribution in [-0.2, 0) is 13.1 Å². The lowest BCUT2D eigenvalue weighted by Crippen LogP contribution is -2.45. The van der Waals surface area contributed by atoms with Crippen molar-refractivity contribution >= 4 is 11.8 Å². The summed E-state index contributed by atoms with van der Waals surface area (Å²) in [5.74, 6) is 1.67. The van der Waals surface area contributed by atoms with Gasteiger partial charge in [0.05, 0.1) is 25.5 Å². The first-order valence-corrected chi connectivity index (χ1v) is 9.64. The number of furan rings is 1. The first kappa shape index (κ1) is 18.3. The molecule has 0 bridgehead atoms. The molecule has 0 spiro atoms. The molecule has 1 fully saturated rings. The molecule has 7 nitrogen and oxygen atoms in total. The topological polar surface area (TPSA) is 75.3 Å². The molecule has 0 unspecified atom stereocenters. The maximum absolute atomic E-state index is 12.4. The SMILES string of the molecule is O=C(Nc1ccnn1Cc1ccccc1)NC1CCN(Cc2ccco2)CC1. The Balaban J connectivity index is 1.25. The molecule has 146 valence electrons. The number of aromatic nitrogens is 2. The van der Waals surface area contributed by atoms with Crippen molar-refractivity contribution < 1.29 is 9.21 Å². The van der Waals surface area contributed by atoms with Crippen molar-refractivity contribution in [1.29, 1.82) is 0 Å². The van der Waals surface area contributed by atoms with E-state index in [2.05, 4.69) is 20.6 Å². The first-order valence-electron chi connectivity index (χ1n) is 9.64. The molecule has 2 aromatic heterocycles. The van der Waals surface area contributed by atoms with Gasteiger partial charge in [0.2, 0.25) is 0 Å². The summed E-state index contributed by atoms with van der Waals surface area (Å²) in [6, 6.07) is 15.8. The van der Waals surface area contributed by atoms with Gasteiger partial charge in [0.15, 0.2) is 0 Å². The molecule has 3 heterocycles. The molecular weight excluding hydrogens is 354 g/mol. The fourth-order valence-corrected chi connectivity index (χ4v) is 3.52. The van der Waals surface area contributed by atoms with Crippen LogP contribution in [0.3, 0.4) is 0 Å². The zero-order valence-corrected chi connectivity index (χ0v) is 15.8. The summed E-state index contributed by atoms with van der Waals surface area (Å²) in [5, 5.41) is 10.3. The number of piperidine rings is 1. The number of nitrogens with one attached hydrogen (secondary N) is 2. The van der Waals surface area contributed by atoms with Crippen LogP contribution in [0.25, 0.3) is 0 Å². The van der Waals surface area contributed by atoms with E-state index in [-0.39, 0.29) is 12.1 Å². The van der Waals surface area contributed by atoms with E-state index in [0.717, 1.165) is 43.8 Å². The smallest absolute Gasteiger partial charge is 0.320 e. The number of hydrogen-bond acceptors (Lipinski definition) is 4. The summed E-state index contributed by atoms with van der Waals surface area (Å²) < 4.78 is 7.20. The summed E-state index contributed by atoms with van der Waals surface area (Å²) in [5.41, 5.74) is 1.14. The minimum atomic E-state index is -0.181. The molecule has 1 saturated heterocycles. The highest BCUT2D eigenvalue weighted by Gasteiger charge is 2.21. The van der Waals surface area contributed by atoms with Gasteiger partial charge in [-0.3, -0.25) is 10.2 Å². The second-order valence-corrected chi connectivity index (χ2v) is 7.09. The fraction of sp³-hybridized carbons (Fsp3) is 0.333. The van der Waals surface area contributed by atoms with E-state index in [1.54, 1.807) is 17.1 Å². The summed E-state index contributed by atoms with van der Waals surface area (Å²) in [6.07, 6.45) is 5.26. The monoisotopic (exact) mass is 379 g/mol. The van der Waals surface area contributed by atoms with Crippen LogP contribution in [0.2, 0.25) is 0 Å². The lowest BCUT2D eigenvalue weighted by Gasteiger charge is -2.31. The van der Waals surface area contributed by atoms with E-state index in [9.17, 15) is 4.79 Å². The highest BCUT2D eigenvalue weighted by atomic mass is 16.3. The highest BCUT2D eigenvalue weighted by molar-refractivity contribution is 5.88. The summed E-state index contributed by atoms with van der Waals surface area (Å²) in [7, 11) is 0. The van der Waals surface area contributed by atoms with Crippen LogP contribution in [-0.4, -0.2) is 39.8 Å². The van der Waals surface area contributed by atoms with Crippen LogP contribution in [0.15, 0.2) is 65.4 Å². The Kier molecular flexibility index (Phi) is 5.72. The van der Waals surface area contributed by atoms with Gasteiger partial charge < -0.3 is 9.73 Å². The van der Waals surface area contributed by atoms with Crippen molar-refractivity contribution in [3.05, 3.63) is 72.3 Å². The lowest BCUT2D eigenvalue weighted by atomic mass is 10.1. The predicted octanol–water partition coefficient (Wildman–Crippen LogP) is 3.31. The zero-order valence-electron chi connectivity index (χ0n) is 15.8. The number of anilines is 1. The van der Waals surface area contributed by atoms with E-state index in [1.807, 2.05) is 48.5 Å². The minimum absolute atomic E-state index is 0.179. The molecule has 0 atom stereocenters. The van der Waals surface area contributed by atoms with Gasteiger partial charge in [-0.05, 0) is 30.5 Å². The Labute approximate surface area is 164 Å². The van der Waals surface area contributed by atoms with Crippen LogP contribution in [0, 0.1) is 0 Å². The standard InChI is InChI=1S/C21H25N5O2/c27-21(23-18-9-12-25(13-10-18)16-19-7-4-14-28-19)24-20-8-11-22-26(20)15-17-5-2-1-3-6-17/h1-8,11,14,18H,9-10,12-13,15-16H2,(H2,23,24,27). The Bertz CT molecular complexity index is 867. The molecule has 1 aromatic carbocycles. The number of carbonyl (C=O) groups excluding carboxylic acids is 1. The van der Waals surface area contributed by atoms with E-state index >= 15 is 0 Å². The second-order valence-electron chi connectivity index (χ2n) is 7.09. The molecule has 2 amide bonds. The summed E-state index contributed by atoms with van der Waals surface area (Å²) in [6.45, 7) is 3.33. The van der Waals surface area contributed by atoms with Gasteiger partial charge in [-0.25, -0.2) is 9.48 Å². The number of hydrogen-bond donors (Lipinski definition) is 2. The molecular formula is C21H25N5O2. The van der Waals surface area contributed by atoms with E-state index in [0.29, 0.717) is 12.4 Å². The fourth-order valence-electron chi connectivity index (χ4n) is 3.52. The third-order valence-corrected chi connectivity index (χ3v) is 5.02. The summed E-state index contributed by atoms with van der Waals surface area (Å²) >= 11 is 0. The van der Waals surface area contributed by atoms with Crippen LogP contribution >= 0.6 is 0 Å². The van der Waals surface area contributed by atoms with Gasteiger partial charge in [0.25, 0.3) is 0 Å². The number of urea groups is 1. The Morgan fingerprint density at radius 3 is 2.64 bits per heavy atom. The van der Waals surface area contributed by atoms with Crippen LogP contribution in [0.4, 0.5) is 10.6 Å². The van der Waals surface area contributed by atoms with E-state index in [4.69, 9.17) is 4.42 Å². The van der Waals surface area contributed by atoms with Crippen LogP contribution in [0.1, 0.15) is 24.2 Å². The van der Waals surface area contributed by atoms with E-state index < -0.39 is 0 Å². The maximum Gasteiger partial charge on any atom is 0.320 e. The molecule has 0 saturated carbocycles. The number of nitrogens with zero attached hydrogens (tertiary/aromatic N) is 3. The molecule has 1 aliphatic rings. The molecule has 2 N–H and O–H groups in total. The minimum Gasteiger partial charge on any atom is -0.468 e. The first-order chi connectivity index (χ1) is 13.8. The van der Waals surface area contributed by atoms with Crippen molar-refractivity contribution in [3.8, 4) is 0 Å². The number of likely N-dealkylation sites (tertiary alicyclic amines) is 1. The summed E-state index contributed by atoms with van der Waals surface area (Å²) in [4.78, 5) is 14.8. The normalized spacial score (nSPS) is 15.4. The number of rotatable bonds is 6. The zero-order chi connectivity index (χ0) is 19.2. The lowest BCUT2D eigenvalue weighted by molar-refractivity contribution is 0.179. The third-order valence-electron chi connectivity index (χ3n) is 5.02. The molecule has 28 heavy (non-hydrogen) atoms. The molecule has 1 aliphatic heterocycles. The van der Waals surface area contributed by atoms with Crippen molar-refractivity contribution in [1.82, 2.24) is 20.0 Å². The van der Waals surface area contributed by atoms with Gasteiger partial charge in [0, 0.05) is 25.2 Å². The van der Waals surface area contributed by atoms with Crippen molar-refractivity contribution in [3.63, 3.8) is 0 Å². The Morgan fingerprint density at radius 2 is 1.89 bits per heavy atom. The average Bonchev–Trinajstić information content (AvgIpc) is 3.37. The van der Waals surface area contributed by atoms with Crippen LogP contribution in [0.5, 0.6) is 0 Å². The van der Waals surface area contributed by atoms with Crippen molar-refractivity contribution in [2.45, 2.75) is 32.0 Å². The van der Waals surface area contributed by atoms with Gasteiger partial charge in [0.1, 0.15) is 11.6 Å². The Morgan fingerprint density at radius 1 is 1.07 bits per heavy atom. The predicted molar refractivity (Wildman–Crippen MR) is 107 cm³/mol. The molecule has 3 aromatic rings. The largest absolute Gasteiger partial charge is 0.468 e. The second kappa shape index (κ2) is 8.75. The van der Waals surface area contributed by atoms with Gasteiger partial charge in [-0.15, -0.1) is 0 Å². The highest BCUT2D eigenvalue weighted by Crippen LogP contribution is 2.15. The Hall–Kier alpha value is -3.06. The molecule has 4 rings (SSSR count). The van der Waals surface area contributed by atoms with Crippen LogP contribution < -0.4 is 10.6 Å². The third kappa shape index (κ3) is 4.80. The number of amides is 2. The molecule has 7 heteroatoms. The van der Waals surface area contributed by atoms with Gasteiger partial charge >= 0.3 is 6.03 Å².